The van der Waals surface area contributed by atoms with E-state index in [-0.39, 0.29) is 17.0 Å². The van der Waals surface area contributed by atoms with Crippen LogP contribution >= 0.6 is 0 Å². The zero-order valence-electron chi connectivity index (χ0n) is 8.36. The zero-order valence-corrected chi connectivity index (χ0v) is 9.18. The summed E-state index contributed by atoms with van der Waals surface area (Å²) in [4.78, 5) is 15.1. The maximum atomic E-state index is 11.2. The van der Waals surface area contributed by atoms with E-state index in [4.69, 9.17) is 10.9 Å². The van der Waals surface area contributed by atoms with Gasteiger partial charge in [-0.2, -0.15) is 8.42 Å². The third kappa shape index (κ3) is 2.16. The van der Waals surface area contributed by atoms with Gasteiger partial charge in [-0.3, -0.25) is 9.52 Å². The second-order valence-corrected chi connectivity index (χ2v) is 4.42. The number of nitrogens with one attached hydrogen (secondary N) is 1. The van der Waals surface area contributed by atoms with E-state index in [1.54, 1.807) is 6.07 Å². The van der Waals surface area contributed by atoms with Crippen LogP contribution in [0.1, 0.15) is 10.4 Å². The molecule has 90 valence electrons. The van der Waals surface area contributed by atoms with Crippen LogP contribution in [0, 0.1) is 0 Å². The molecule has 2 aromatic heterocycles. The van der Waals surface area contributed by atoms with E-state index < -0.39 is 16.1 Å². The van der Waals surface area contributed by atoms with Crippen molar-refractivity contribution in [2.24, 2.45) is 10.9 Å². The summed E-state index contributed by atoms with van der Waals surface area (Å²) >= 11 is 0. The van der Waals surface area contributed by atoms with Crippen molar-refractivity contribution in [2.45, 2.75) is 0 Å². The first-order valence-electron chi connectivity index (χ1n) is 4.32. The first-order chi connectivity index (χ1) is 7.88. The number of aromatic nitrogens is 3. The van der Waals surface area contributed by atoms with Crippen LogP contribution in [0.4, 0.5) is 5.82 Å². The number of nitrogens with zero attached hydrogens (tertiary/aromatic N) is 3. The highest BCUT2D eigenvalue weighted by Gasteiger charge is 2.20. The molecule has 0 spiro atoms. The van der Waals surface area contributed by atoms with E-state index in [9.17, 15) is 13.2 Å². The molecule has 0 saturated heterocycles. The molecule has 5 N–H and O–H groups in total. The van der Waals surface area contributed by atoms with Gasteiger partial charge in [0.25, 0.3) is 16.1 Å². The Balaban J connectivity index is 2.70. The summed E-state index contributed by atoms with van der Waals surface area (Å²) in [7, 11) is -4.04. The van der Waals surface area contributed by atoms with Crippen LogP contribution < -0.4 is 15.6 Å². The molecule has 0 radical (unpaired) electrons. The van der Waals surface area contributed by atoms with E-state index in [1.807, 2.05) is 4.72 Å². The molecule has 0 fully saturated rings. The Kier molecular flexibility index (Phi) is 2.44. The van der Waals surface area contributed by atoms with Gasteiger partial charge in [-0.1, -0.05) is 0 Å². The summed E-state index contributed by atoms with van der Waals surface area (Å²) < 4.78 is 24.9. The zero-order chi connectivity index (χ0) is 12.6. The van der Waals surface area contributed by atoms with Crippen LogP contribution in [-0.2, 0) is 10.2 Å². The molecule has 2 aromatic rings. The van der Waals surface area contributed by atoms with Crippen molar-refractivity contribution in [1.29, 1.82) is 0 Å². The summed E-state index contributed by atoms with van der Waals surface area (Å²) in [5, 5.41) is 8.60. The van der Waals surface area contributed by atoms with Gasteiger partial charge in [0.05, 0.1) is 0 Å². The van der Waals surface area contributed by atoms with Crippen LogP contribution in [0.2, 0.25) is 0 Å². The number of hydrogen-bond donors (Lipinski definition) is 3. The number of hydrogen-bond acceptors (Lipinski definition) is 5. The Bertz CT molecular complexity index is 691. The van der Waals surface area contributed by atoms with Crippen LogP contribution in [-0.4, -0.2) is 28.9 Å². The van der Waals surface area contributed by atoms with Crippen LogP contribution in [0.5, 0.6) is 0 Å². The number of rotatable bonds is 3. The molecule has 0 atom stereocenters. The van der Waals surface area contributed by atoms with Crippen molar-refractivity contribution in [3.05, 3.63) is 24.0 Å². The number of primary amides is 1. The first kappa shape index (κ1) is 11.3. The topological polar surface area (TPSA) is 145 Å². The summed E-state index contributed by atoms with van der Waals surface area (Å²) in [5.74, 6) is -1.11. The molecule has 0 aromatic carbocycles. The number of fused-ring (bicyclic) bond motifs is 1. The molecule has 17 heavy (non-hydrogen) atoms. The fourth-order valence-electron chi connectivity index (χ4n) is 1.32. The predicted molar refractivity (Wildman–Crippen MR) is 58.2 cm³/mol. The maximum absolute atomic E-state index is 11.2. The summed E-state index contributed by atoms with van der Waals surface area (Å²) in [6.45, 7) is 0. The lowest BCUT2D eigenvalue weighted by atomic mass is 10.3. The van der Waals surface area contributed by atoms with E-state index in [2.05, 4.69) is 10.1 Å². The lowest BCUT2D eigenvalue weighted by molar-refractivity contribution is 0.100. The number of carbonyl (C=O) groups is 1. The first-order valence-corrected chi connectivity index (χ1v) is 5.87. The Morgan fingerprint density at radius 2 is 2.18 bits per heavy atom. The molecule has 0 bridgehead atoms. The Hall–Kier alpha value is -2.20. The fraction of sp³-hybridized carbons (Fsp3) is 0. The van der Waals surface area contributed by atoms with Gasteiger partial charge in [-0.15, -0.1) is 5.10 Å². The fourth-order valence-corrected chi connectivity index (χ4v) is 1.73. The SMILES string of the molecule is NC(=O)c1c(NS(N)(=O)=O)nn2cccnc12. The van der Waals surface area contributed by atoms with Gasteiger partial charge >= 0.3 is 0 Å². The predicted octanol–water partition coefficient (Wildman–Crippen LogP) is -1.56. The highest BCUT2D eigenvalue weighted by atomic mass is 32.2. The quantitative estimate of drug-likeness (QED) is 0.608. The molecule has 1 amide bonds. The Labute approximate surface area is 95.6 Å². The van der Waals surface area contributed by atoms with Crippen molar-refractivity contribution < 1.29 is 13.2 Å². The highest BCUT2D eigenvalue weighted by molar-refractivity contribution is 7.90. The number of anilines is 1. The monoisotopic (exact) mass is 256 g/mol. The van der Waals surface area contributed by atoms with E-state index in [0.717, 1.165) is 0 Å². The minimum atomic E-state index is -4.04. The van der Waals surface area contributed by atoms with Gasteiger partial charge in [0.2, 0.25) is 0 Å². The standard InChI is InChI=1S/C7H8N6O3S/c8-5(14)4-6(12-17(9,15)16)11-13-3-1-2-10-7(4)13/h1-3H,(H2,8,14)(H,11,12)(H2,9,15,16). The van der Waals surface area contributed by atoms with Gasteiger partial charge in [0.1, 0.15) is 5.56 Å². The van der Waals surface area contributed by atoms with Gasteiger partial charge in [-0.05, 0) is 6.07 Å². The number of nitrogens with two attached hydrogens (primary N) is 2. The molecule has 2 heterocycles. The molecule has 0 saturated carbocycles. The highest BCUT2D eigenvalue weighted by Crippen LogP contribution is 2.18. The largest absolute Gasteiger partial charge is 0.365 e. The van der Waals surface area contributed by atoms with Crippen LogP contribution in [0.3, 0.4) is 0 Å². The molecule has 10 heteroatoms. The molecule has 0 aliphatic carbocycles. The summed E-state index contributed by atoms with van der Waals surface area (Å²) in [6, 6.07) is 1.56. The molecule has 0 aliphatic rings. The smallest absolute Gasteiger partial charge is 0.297 e. The van der Waals surface area contributed by atoms with E-state index >= 15 is 0 Å². The van der Waals surface area contributed by atoms with Gasteiger partial charge in [0.15, 0.2) is 11.5 Å². The lowest BCUT2D eigenvalue weighted by Gasteiger charge is -1.99. The van der Waals surface area contributed by atoms with Gasteiger partial charge in [0, 0.05) is 12.4 Å². The average Bonchev–Trinajstić information content (AvgIpc) is 2.51. The number of carbonyl (C=O) groups excluding carboxylic acids is 1. The minimum Gasteiger partial charge on any atom is -0.365 e. The van der Waals surface area contributed by atoms with Crippen molar-refractivity contribution in [3.8, 4) is 0 Å². The Morgan fingerprint density at radius 1 is 1.47 bits per heavy atom. The molecular formula is C7H8N6O3S. The van der Waals surface area contributed by atoms with Gasteiger partial charge in [-0.25, -0.2) is 14.6 Å². The third-order valence-corrected chi connectivity index (χ3v) is 2.36. The molecule has 2 rings (SSSR count). The third-order valence-electron chi connectivity index (χ3n) is 1.88. The van der Waals surface area contributed by atoms with Crippen molar-refractivity contribution in [3.63, 3.8) is 0 Å². The minimum absolute atomic E-state index is 0.139. The normalized spacial score (nSPS) is 11.6. The Morgan fingerprint density at radius 3 is 2.76 bits per heavy atom. The van der Waals surface area contributed by atoms with E-state index in [0.29, 0.717) is 0 Å². The van der Waals surface area contributed by atoms with Gasteiger partial charge < -0.3 is 5.73 Å². The molecular weight excluding hydrogens is 248 g/mol. The molecule has 0 aliphatic heterocycles. The lowest BCUT2D eigenvalue weighted by Crippen LogP contribution is -2.24. The average molecular weight is 256 g/mol. The second kappa shape index (κ2) is 3.68. The summed E-state index contributed by atoms with van der Waals surface area (Å²) in [5.41, 5.74) is 5.14. The van der Waals surface area contributed by atoms with Crippen molar-refractivity contribution in [2.75, 3.05) is 4.72 Å². The summed E-state index contributed by atoms with van der Waals surface area (Å²) in [6.07, 6.45) is 2.91. The maximum Gasteiger partial charge on any atom is 0.297 e. The van der Waals surface area contributed by atoms with Crippen molar-refractivity contribution in [1.82, 2.24) is 14.6 Å². The van der Waals surface area contributed by atoms with Crippen molar-refractivity contribution >= 4 is 27.6 Å². The van der Waals surface area contributed by atoms with Crippen LogP contribution in [0.15, 0.2) is 18.5 Å². The molecule has 9 nitrogen and oxygen atoms in total. The van der Waals surface area contributed by atoms with Crippen LogP contribution in [0.25, 0.3) is 5.65 Å². The van der Waals surface area contributed by atoms with E-state index in [1.165, 1.54) is 16.9 Å². The second-order valence-electron chi connectivity index (χ2n) is 3.12. The number of amides is 1. The molecule has 0 unspecified atom stereocenters.